The quantitative estimate of drug-likeness (QED) is 0.825. The zero-order valence-electron chi connectivity index (χ0n) is 14.2. The maximum Gasteiger partial charge on any atom is 0.410 e. The number of ether oxygens (including phenoxy) is 1. The molecule has 1 aromatic rings. The minimum absolute atomic E-state index is 0.109. The van der Waals surface area contributed by atoms with Crippen molar-refractivity contribution >= 4 is 12.1 Å². The SMILES string of the molecule is CC(C)(C)OC(=O)N1CC[NH+]([C@H](C(=O)[O-])c2ccccc2F)CC1. The lowest BCUT2D eigenvalue weighted by Gasteiger charge is -2.37. The molecular formula is C17H23FN2O4. The van der Waals surface area contributed by atoms with Crippen molar-refractivity contribution in [1.29, 1.82) is 0 Å². The van der Waals surface area contributed by atoms with E-state index in [1.165, 1.54) is 18.2 Å². The Hall–Kier alpha value is -2.15. The van der Waals surface area contributed by atoms with Gasteiger partial charge < -0.3 is 19.5 Å². The van der Waals surface area contributed by atoms with E-state index in [2.05, 4.69) is 0 Å². The van der Waals surface area contributed by atoms with E-state index in [1.807, 2.05) is 0 Å². The Morgan fingerprint density at radius 3 is 2.33 bits per heavy atom. The molecule has 7 heteroatoms. The number of nitrogens with one attached hydrogen (secondary N) is 1. The molecule has 1 heterocycles. The first kappa shape index (κ1) is 18.2. The first-order valence-electron chi connectivity index (χ1n) is 7.97. The normalized spacial score (nSPS) is 17.4. The van der Waals surface area contributed by atoms with Gasteiger partial charge in [0, 0.05) is 0 Å². The number of carbonyl (C=O) groups is 2. The number of quaternary nitrogens is 1. The molecule has 0 saturated carbocycles. The van der Waals surface area contributed by atoms with Crippen LogP contribution >= 0.6 is 0 Å². The van der Waals surface area contributed by atoms with Gasteiger partial charge in [-0.3, -0.25) is 4.90 Å². The van der Waals surface area contributed by atoms with E-state index in [-0.39, 0.29) is 5.56 Å². The molecule has 1 aliphatic heterocycles. The van der Waals surface area contributed by atoms with Crippen LogP contribution in [0.2, 0.25) is 0 Å². The van der Waals surface area contributed by atoms with Crippen LogP contribution in [0.3, 0.4) is 0 Å². The van der Waals surface area contributed by atoms with E-state index in [0.717, 1.165) is 0 Å². The molecule has 0 bridgehead atoms. The van der Waals surface area contributed by atoms with E-state index in [4.69, 9.17) is 4.74 Å². The largest absolute Gasteiger partial charge is 0.544 e. The predicted octanol–water partition coefficient (Wildman–Crippen LogP) is -0.248. The summed E-state index contributed by atoms with van der Waals surface area (Å²) >= 11 is 0. The number of halogens is 1. The van der Waals surface area contributed by atoms with Crippen LogP contribution < -0.4 is 10.0 Å². The average molecular weight is 338 g/mol. The third-order valence-corrected chi connectivity index (χ3v) is 3.92. The third kappa shape index (κ3) is 4.44. The molecule has 1 N–H and O–H groups in total. The first-order valence-corrected chi connectivity index (χ1v) is 7.97. The average Bonchev–Trinajstić information content (AvgIpc) is 2.48. The lowest BCUT2D eigenvalue weighted by atomic mass is 10.0. The van der Waals surface area contributed by atoms with Gasteiger partial charge in [-0.2, -0.15) is 0 Å². The summed E-state index contributed by atoms with van der Waals surface area (Å²) in [5.74, 6) is -1.88. The Bertz CT molecular complexity index is 607. The van der Waals surface area contributed by atoms with Crippen LogP contribution in [0.4, 0.5) is 9.18 Å². The van der Waals surface area contributed by atoms with Gasteiger partial charge in [0.05, 0.1) is 31.7 Å². The first-order chi connectivity index (χ1) is 11.2. The molecule has 1 aliphatic rings. The van der Waals surface area contributed by atoms with Crippen LogP contribution in [0.25, 0.3) is 0 Å². The number of carboxylic acids is 1. The summed E-state index contributed by atoms with van der Waals surface area (Å²) in [4.78, 5) is 25.8. The van der Waals surface area contributed by atoms with Gasteiger partial charge in [-0.15, -0.1) is 0 Å². The van der Waals surface area contributed by atoms with E-state index >= 15 is 0 Å². The Morgan fingerprint density at radius 2 is 1.83 bits per heavy atom. The van der Waals surface area contributed by atoms with E-state index < -0.39 is 29.5 Å². The second kappa shape index (κ2) is 7.17. The molecule has 0 aliphatic carbocycles. The number of amides is 1. The number of hydrogen-bond donors (Lipinski definition) is 1. The molecule has 24 heavy (non-hydrogen) atoms. The minimum atomic E-state index is -1.32. The predicted molar refractivity (Wildman–Crippen MR) is 82.7 cm³/mol. The number of carboxylic acid groups (broad SMARTS) is 1. The monoisotopic (exact) mass is 338 g/mol. The molecule has 0 unspecified atom stereocenters. The Morgan fingerprint density at radius 1 is 1.25 bits per heavy atom. The maximum atomic E-state index is 14.0. The smallest absolute Gasteiger partial charge is 0.410 e. The molecule has 1 aromatic carbocycles. The number of piperazine rings is 1. The van der Waals surface area contributed by atoms with Gasteiger partial charge in [0.15, 0.2) is 6.04 Å². The summed E-state index contributed by atoms with van der Waals surface area (Å²) < 4.78 is 19.3. The van der Waals surface area contributed by atoms with Gasteiger partial charge in [0.1, 0.15) is 17.4 Å². The van der Waals surface area contributed by atoms with Crippen molar-refractivity contribution in [2.75, 3.05) is 26.2 Å². The summed E-state index contributed by atoms with van der Waals surface area (Å²) in [5.41, 5.74) is -0.472. The van der Waals surface area contributed by atoms with Crippen LogP contribution in [0.5, 0.6) is 0 Å². The molecular weight excluding hydrogens is 315 g/mol. The Kier molecular flexibility index (Phi) is 5.43. The molecule has 6 nitrogen and oxygen atoms in total. The van der Waals surface area contributed by atoms with Crippen LogP contribution in [0.1, 0.15) is 32.4 Å². The van der Waals surface area contributed by atoms with Crippen molar-refractivity contribution in [2.24, 2.45) is 0 Å². The fourth-order valence-corrected chi connectivity index (χ4v) is 2.81. The van der Waals surface area contributed by atoms with Crippen LogP contribution in [0, 0.1) is 5.82 Å². The van der Waals surface area contributed by atoms with Crippen LogP contribution in [-0.4, -0.2) is 48.7 Å². The van der Waals surface area contributed by atoms with Gasteiger partial charge in [0.2, 0.25) is 0 Å². The minimum Gasteiger partial charge on any atom is -0.544 e. The van der Waals surface area contributed by atoms with Crippen molar-refractivity contribution in [3.8, 4) is 0 Å². The summed E-state index contributed by atoms with van der Waals surface area (Å²) in [6.45, 7) is 6.83. The molecule has 0 spiro atoms. The molecule has 0 aromatic heterocycles. The highest BCUT2D eigenvalue weighted by atomic mass is 19.1. The molecule has 0 radical (unpaired) electrons. The van der Waals surface area contributed by atoms with Gasteiger partial charge in [0.25, 0.3) is 0 Å². The lowest BCUT2D eigenvalue weighted by Crippen LogP contribution is -3.16. The third-order valence-electron chi connectivity index (χ3n) is 3.92. The summed E-state index contributed by atoms with van der Waals surface area (Å²) in [7, 11) is 0. The number of aliphatic carboxylic acids is 1. The fourth-order valence-electron chi connectivity index (χ4n) is 2.81. The number of carbonyl (C=O) groups excluding carboxylic acids is 2. The van der Waals surface area contributed by atoms with E-state index in [1.54, 1.807) is 31.7 Å². The molecule has 132 valence electrons. The topological polar surface area (TPSA) is 74.1 Å². The van der Waals surface area contributed by atoms with Crippen molar-refractivity contribution in [1.82, 2.24) is 4.90 Å². The van der Waals surface area contributed by atoms with E-state index in [9.17, 15) is 19.1 Å². The zero-order chi connectivity index (χ0) is 17.9. The second-order valence-corrected chi connectivity index (χ2v) is 6.90. The number of hydrogen-bond acceptors (Lipinski definition) is 4. The molecule has 1 saturated heterocycles. The Balaban J connectivity index is 2.05. The molecule has 1 amide bonds. The van der Waals surface area contributed by atoms with Gasteiger partial charge >= 0.3 is 6.09 Å². The maximum absolute atomic E-state index is 14.0. The van der Waals surface area contributed by atoms with Crippen molar-refractivity contribution in [3.05, 3.63) is 35.6 Å². The summed E-state index contributed by atoms with van der Waals surface area (Å²) in [6.07, 6.45) is -0.419. The van der Waals surface area contributed by atoms with E-state index in [0.29, 0.717) is 31.1 Å². The molecule has 2 rings (SSSR count). The van der Waals surface area contributed by atoms with Gasteiger partial charge in [-0.1, -0.05) is 12.1 Å². The Labute approximate surface area is 140 Å². The summed E-state index contributed by atoms with van der Waals surface area (Å²) in [5, 5.41) is 11.6. The van der Waals surface area contributed by atoms with Crippen molar-refractivity contribution in [2.45, 2.75) is 32.4 Å². The highest BCUT2D eigenvalue weighted by Gasteiger charge is 2.34. The highest BCUT2D eigenvalue weighted by molar-refractivity contribution is 5.72. The lowest BCUT2D eigenvalue weighted by molar-refractivity contribution is -0.928. The van der Waals surface area contributed by atoms with Gasteiger partial charge in [-0.05, 0) is 32.9 Å². The number of nitrogens with zero attached hydrogens (tertiary/aromatic N) is 1. The fraction of sp³-hybridized carbons (Fsp3) is 0.529. The number of rotatable bonds is 3. The van der Waals surface area contributed by atoms with Gasteiger partial charge in [-0.25, -0.2) is 9.18 Å². The van der Waals surface area contributed by atoms with Crippen LogP contribution in [0.15, 0.2) is 24.3 Å². The standard InChI is InChI=1S/C17H23FN2O4/c1-17(2,3)24-16(23)20-10-8-19(9-11-20)14(15(21)22)12-6-4-5-7-13(12)18/h4-7,14H,8-11H2,1-3H3,(H,21,22)/t14-/m0/s1. The highest BCUT2D eigenvalue weighted by Crippen LogP contribution is 2.15. The summed E-state index contributed by atoms with van der Waals surface area (Å²) in [6, 6.07) is 4.73. The van der Waals surface area contributed by atoms with Crippen molar-refractivity contribution in [3.63, 3.8) is 0 Å². The molecule has 1 fully saturated rings. The second-order valence-electron chi connectivity index (χ2n) is 6.90. The number of benzene rings is 1. The van der Waals surface area contributed by atoms with Crippen LogP contribution in [-0.2, 0) is 9.53 Å². The van der Waals surface area contributed by atoms with Crippen molar-refractivity contribution < 1.29 is 28.7 Å². The zero-order valence-corrected chi connectivity index (χ0v) is 14.2. The molecule has 1 atom stereocenters.